The average molecular weight is 441 g/mol. The second-order valence-corrected chi connectivity index (χ2v) is 7.24. The fraction of sp³-hybridized carbons (Fsp3) is 1.00. The van der Waals surface area contributed by atoms with Gasteiger partial charge in [-0.2, -0.15) is 0 Å². The number of hydrogen-bond donors (Lipinski definition) is 0. The number of ether oxygens (including phenoxy) is 9. The summed E-state index contributed by atoms with van der Waals surface area (Å²) in [4.78, 5) is 0. The van der Waals surface area contributed by atoms with Crippen LogP contribution in [0.25, 0.3) is 0 Å². The molecule has 0 amide bonds. The highest BCUT2D eigenvalue weighted by Crippen LogP contribution is 2.05. The van der Waals surface area contributed by atoms with E-state index in [2.05, 4.69) is 0 Å². The molecule has 0 spiro atoms. The van der Waals surface area contributed by atoms with Gasteiger partial charge in [0, 0.05) is 7.11 Å². The van der Waals surface area contributed by atoms with Crippen molar-refractivity contribution in [1.29, 1.82) is 0 Å². The van der Waals surface area contributed by atoms with Gasteiger partial charge in [0.2, 0.25) is 0 Å². The highest BCUT2D eigenvalue weighted by atomic mass is 16.6. The summed E-state index contributed by atoms with van der Waals surface area (Å²) in [6.45, 7) is 15.0. The molecule has 0 aliphatic rings. The van der Waals surface area contributed by atoms with E-state index in [0.717, 1.165) is 0 Å². The van der Waals surface area contributed by atoms with Crippen LogP contribution in [-0.4, -0.2) is 118 Å². The van der Waals surface area contributed by atoms with Gasteiger partial charge in [-0.15, -0.1) is 0 Å². The van der Waals surface area contributed by atoms with Crippen molar-refractivity contribution >= 4 is 0 Å². The van der Waals surface area contributed by atoms with Gasteiger partial charge in [0.05, 0.1) is 111 Å². The molecule has 30 heavy (non-hydrogen) atoms. The molecule has 0 aromatic heterocycles. The zero-order valence-electron chi connectivity index (χ0n) is 19.5. The standard InChI is InChI=1S/C21H44O9/c1-21(2,3)30-20-19-29-18-17-28-16-15-27-14-13-26-12-11-25-10-9-24-8-7-23-6-5-22-4/h5-20H2,1-4H3. The first-order valence-corrected chi connectivity index (χ1v) is 10.7. The summed E-state index contributed by atoms with van der Waals surface area (Å²) in [5, 5.41) is 0. The molecule has 0 aliphatic heterocycles. The number of methoxy groups -OCH3 is 1. The van der Waals surface area contributed by atoms with Crippen molar-refractivity contribution in [2.45, 2.75) is 26.4 Å². The van der Waals surface area contributed by atoms with Gasteiger partial charge < -0.3 is 42.6 Å². The Morgan fingerprint density at radius 3 is 0.833 bits per heavy atom. The van der Waals surface area contributed by atoms with Gasteiger partial charge in [-0.1, -0.05) is 0 Å². The minimum atomic E-state index is -0.122. The zero-order chi connectivity index (χ0) is 22.2. The van der Waals surface area contributed by atoms with Crippen LogP contribution in [0.15, 0.2) is 0 Å². The summed E-state index contributed by atoms with van der Waals surface area (Å²) < 4.78 is 48.2. The predicted molar refractivity (Wildman–Crippen MR) is 113 cm³/mol. The first kappa shape index (κ1) is 29.6. The molecule has 0 saturated carbocycles. The van der Waals surface area contributed by atoms with E-state index in [-0.39, 0.29) is 5.60 Å². The van der Waals surface area contributed by atoms with Crippen molar-refractivity contribution in [2.75, 3.05) is 113 Å². The molecular weight excluding hydrogens is 396 g/mol. The lowest BCUT2D eigenvalue weighted by atomic mass is 10.2. The Bertz CT molecular complexity index is 324. The third kappa shape index (κ3) is 27.6. The fourth-order valence-corrected chi connectivity index (χ4v) is 1.97. The van der Waals surface area contributed by atoms with Crippen LogP contribution in [0.3, 0.4) is 0 Å². The van der Waals surface area contributed by atoms with Crippen molar-refractivity contribution in [3.63, 3.8) is 0 Å². The quantitative estimate of drug-likeness (QED) is 0.208. The first-order valence-electron chi connectivity index (χ1n) is 10.7. The molecule has 0 bridgehead atoms. The smallest absolute Gasteiger partial charge is 0.0707 e. The number of hydrogen-bond acceptors (Lipinski definition) is 9. The van der Waals surface area contributed by atoms with Crippen molar-refractivity contribution in [1.82, 2.24) is 0 Å². The van der Waals surface area contributed by atoms with Crippen molar-refractivity contribution in [2.24, 2.45) is 0 Å². The molecule has 0 unspecified atom stereocenters. The van der Waals surface area contributed by atoms with Crippen LogP contribution < -0.4 is 0 Å². The summed E-state index contributed by atoms with van der Waals surface area (Å²) >= 11 is 0. The molecule has 0 aliphatic carbocycles. The Hall–Kier alpha value is -0.360. The van der Waals surface area contributed by atoms with Crippen LogP contribution in [0.1, 0.15) is 20.8 Å². The zero-order valence-corrected chi connectivity index (χ0v) is 19.5. The van der Waals surface area contributed by atoms with Crippen molar-refractivity contribution in [3.05, 3.63) is 0 Å². The van der Waals surface area contributed by atoms with Crippen LogP contribution in [0, 0.1) is 0 Å². The van der Waals surface area contributed by atoms with Crippen LogP contribution in [0.4, 0.5) is 0 Å². The predicted octanol–water partition coefficient (Wildman–Crippen LogP) is 1.56. The lowest BCUT2D eigenvalue weighted by Crippen LogP contribution is -2.22. The minimum absolute atomic E-state index is 0.122. The van der Waals surface area contributed by atoms with E-state index in [9.17, 15) is 0 Å². The van der Waals surface area contributed by atoms with E-state index in [1.54, 1.807) is 7.11 Å². The lowest BCUT2D eigenvalue weighted by Gasteiger charge is -2.19. The molecule has 9 heteroatoms. The summed E-state index contributed by atoms with van der Waals surface area (Å²) in [5.41, 5.74) is -0.122. The second kappa shape index (κ2) is 23.3. The third-order valence-electron chi connectivity index (χ3n) is 3.43. The second-order valence-electron chi connectivity index (χ2n) is 7.24. The molecule has 182 valence electrons. The molecule has 0 aromatic rings. The average Bonchev–Trinajstić information content (AvgIpc) is 2.70. The van der Waals surface area contributed by atoms with Crippen molar-refractivity contribution < 1.29 is 42.6 Å². The van der Waals surface area contributed by atoms with Gasteiger partial charge in [0.25, 0.3) is 0 Å². The fourth-order valence-electron chi connectivity index (χ4n) is 1.97. The van der Waals surface area contributed by atoms with E-state index < -0.39 is 0 Å². The SMILES string of the molecule is COCCOCCOCCOCCOCCOCCOCCOCCOC(C)(C)C. The molecule has 9 nitrogen and oxygen atoms in total. The monoisotopic (exact) mass is 440 g/mol. The van der Waals surface area contributed by atoms with Crippen molar-refractivity contribution in [3.8, 4) is 0 Å². The van der Waals surface area contributed by atoms with Gasteiger partial charge in [0.15, 0.2) is 0 Å². The first-order chi connectivity index (χ1) is 14.6. The maximum atomic E-state index is 5.56. The van der Waals surface area contributed by atoms with Crippen LogP contribution in [-0.2, 0) is 42.6 Å². The van der Waals surface area contributed by atoms with E-state index >= 15 is 0 Å². The molecule has 0 N–H and O–H groups in total. The largest absolute Gasteiger partial charge is 0.382 e. The highest BCUT2D eigenvalue weighted by Gasteiger charge is 2.08. The highest BCUT2D eigenvalue weighted by molar-refractivity contribution is 4.57. The maximum Gasteiger partial charge on any atom is 0.0707 e. The Labute approximate surface area is 182 Å². The van der Waals surface area contributed by atoms with E-state index in [4.69, 9.17) is 42.6 Å². The van der Waals surface area contributed by atoms with Gasteiger partial charge in [-0.05, 0) is 20.8 Å². The van der Waals surface area contributed by atoms with Crippen LogP contribution in [0.5, 0.6) is 0 Å². The molecule has 0 atom stereocenters. The molecule has 0 radical (unpaired) electrons. The minimum Gasteiger partial charge on any atom is -0.382 e. The summed E-state index contributed by atoms with van der Waals surface area (Å²) in [6.07, 6.45) is 0. The normalized spacial score (nSPS) is 12.0. The number of rotatable bonds is 24. The van der Waals surface area contributed by atoms with Gasteiger partial charge in [0.1, 0.15) is 0 Å². The van der Waals surface area contributed by atoms with Crippen LogP contribution in [0.2, 0.25) is 0 Å². The summed E-state index contributed by atoms with van der Waals surface area (Å²) in [5.74, 6) is 0. The molecule has 0 aromatic carbocycles. The molecule has 0 rings (SSSR count). The Morgan fingerprint density at radius 2 is 0.600 bits per heavy atom. The van der Waals surface area contributed by atoms with E-state index in [1.165, 1.54) is 0 Å². The van der Waals surface area contributed by atoms with Crippen LogP contribution >= 0.6 is 0 Å². The Morgan fingerprint density at radius 1 is 0.367 bits per heavy atom. The van der Waals surface area contributed by atoms with Gasteiger partial charge >= 0.3 is 0 Å². The van der Waals surface area contributed by atoms with Gasteiger partial charge in [-0.25, -0.2) is 0 Å². The lowest BCUT2D eigenvalue weighted by molar-refractivity contribution is -0.0467. The maximum absolute atomic E-state index is 5.56. The Kier molecular flexibility index (Phi) is 23.0. The Balaban J connectivity index is 3.02. The summed E-state index contributed by atoms with van der Waals surface area (Å²) in [7, 11) is 1.65. The summed E-state index contributed by atoms with van der Waals surface area (Å²) in [6, 6.07) is 0. The van der Waals surface area contributed by atoms with E-state index in [1.807, 2.05) is 20.8 Å². The molecular formula is C21H44O9. The molecule has 0 saturated heterocycles. The topological polar surface area (TPSA) is 83.1 Å². The molecule has 0 fully saturated rings. The third-order valence-corrected chi connectivity index (χ3v) is 3.43. The van der Waals surface area contributed by atoms with E-state index in [0.29, 0.717) is 106 Å². The molecule has 0 heterocycles. The van der Waals surface area contributed by atoms with Gasteiger partial charge in [-0.3, -0.25) is 0 Å².